The SMILES string of the molecule is CCNC(=O)c1ccc(CN=C(NCC)N2CCC(C)C(n3ccnc3)C2)cc1. The molecule has 0 aliphatic carbocycles. The van der Waals surface area contributed by atoms with Crippen LogP contribution in [0.3, 0.4) is 0 Å². The van der Waals surface area contributed by atoms with Gasteiger partial charge in [-0.05, 0) is 43.9 Å². The molecule has 2 atom stereocenters. The fourth-order valence-electron chi connectivity index (χ4n) is 3.71. The average molecular weight is 397 g/mol. The van der Waals surface area contributed by atoms with E-state index in [1.165, 1.54) is 0 Å². The van der Waals surface area contributed by atoms with Gasteiger partial charge < -0.3 is 20.1 Å². The van der Waals surface area contributed by atoms with E-state index < -0.39 is 0 Å². The third-order valence-electron chi connectivity index (χ3n) is 5.43. The molecule has 7 heteroatoms. The molecular formula is C22H32N6O. The summed E-state index contributed by atoms with van der Waals surface area (Å²) in [5.41, 5.74) is 1.77. The number of guanidine groups is 1. The number of imidazole rings is 1. The highest BCUT2D eigenvalue weighted by Gasteiger charge is 2.28. The number of hydrogen-bond acceptors (Lipinski definition) is 3. The predicted molar refractivity (Wildman–Crippen MR) is 116 cm³/mol. The smallest absolute Gasteiger partial charge is 0.251 e. The van der Waals surface area contributed by atoms with Crippen molar-refractivity contribution in [1.82, 2.24) is 25.1 Å². The van der Waals surface area contributed by atoms with Crippen molar-refractivity contribution in [2.45, 2.75) is 39.8 Å². The van der Waals surface area contributed by atoms with Crippen LogP contribution in [0.25, 0.3) is 0 Å². The molecule has 1 aromatic heterocycles. The number of amides is 1. The van der Waals surface area contributed by atoms with Crippen LogP contribution in [-0.4, -0.2) is 52.5 Å². The normalized spacial score (nSPS) is 19.8. The summed E-state index contributed by atoms with van der Waals surface area (Å²) in [7, 11) is 0. The Hall–Kier alpha value is -2.83. The first kappa shape index (κ1) is 20.9. The molecule has 2 N–H and O–H groups in total. The van der Waals surface area contributed by atoms with E-state index in [0.717, 1.165) is 37.6 Å². The van der Waals surface area contributed by atoms with E-state index in [9.17, 15) is 4.79 Å². The average Bonchev–Trinajstić information content (AvgIpc) is 3.27. The van der Waals surface area contributed by atoms with Crippen LogP contribution in [0.2, 0.25) is 0 Å². The molecule has 1 amide bonds. The Morgan fingerprint density at radius 2 is 1.97 bits per heavy atom. The van der Waals surface area contributed by atoms with Gasteiger partial charge in [-0.1, -0.05) is 19.1 Å². The van der Waals surface area contributed by atoms with Gasteiger partial charge in [-0.25, -0.2) is 9.98 Å². The van der Waals surface area contributed by atoms with Crippen molar-refractivity contribution in [1.29, 1.82) is 0 Å². The Morgan fingerprint density at radius 3 is 2.62 bits per heavy atom. The first-order valence-corrected chi connectivity index (χ1v) is 10.5. The number of nitrogens with zero attached hydrogens (tertiary/aromatic N) is 4. The van der Waals surface area contributed by atoms with Crippen molar-refractivity contribution >= 4 is 11.9 Å². The van der Waals surface area contributed by atoms with Crippen LogP contribution >= 0.6 is 0 Å². The largest absolute Gasteiger partial charge is 0.357 e. The van der Waals surface area contributed by atoms with E-state index >= 15 is 0 Å². The zero-order valence-electron chi connectivity index (χ0n) is 17.6. The Labute approximate surface area is 173 Å². The lowest BCUT2D eigenvalue weighted by Gasteiger charge is -2.39. The van der Waals surface area contributed by atoms with E-state index in [4.69, 9.17) is 4.99 Å². The third kappa shape index (κ3) is 5.37. The van der Waals surface area contributed by atoms with Gasteiger partial charge in [0.05, 0.1) is 18.9 Å². The molecule has 29 heavy (non-hydrogen) atoms. The minimum Gasteiger partial charge on any atom is -0.357 e. The molecule has 1 aliphatic rings. The quantitative estimate of drug-likeness (QED) is 0.582. The molecule has 1 fully saturated rings. The fraction of sp³-hybridized carbons (Fsp3) is 0.500. The van der Waals surface area contributed by atoms with E-state index in [-0.39, 0.29) is 5.91 Å². The summed E-state index contributed by atoms with van der Waals surface area (Å²) in [6.45, 7) is 10.3. The number of aromatic nitrogens is 2. The molecule has 2 aromatic rings. The Balaban J connectivity index is 1.68. The molecule has 7 nitrogen and oxygen atoms in total. The van der Waals surface area contributed by atoms with Crippen LogP contribution in [-0.2, 0) is 6.54 Å². The standard InChI is InChI=1S/C22H32N6O/c1-4-24-21(29)19-8-6-18(7-9-19)14-26-22(25-5-2)27-12-10-17(3)20(15-27)28-13-11-23-16-28/h6-9,11,13,16-17,20H,4-5,10,12,14-15H2,1-3H3,(H,24,29)(H,25,26). The van der Waals surface area contributed by atoms with Gasteiger partial charge in [-0.2, -0.15) is 0 Å². The number of likely N-dealkylation sites (tertiary alicyclic amines) is 1. The second kappa shape index (κ2) is 10.1. The van der Waals surface area contributed by atoms with Gasteiger partial charge in [0, 0.05) is 44.1 Å². The monoisotopic (exact) mass is 396 g/mol. The van der Waals surface area contributed by atoms with Crippen LogP contribution < -0.4 is 10.6 Å². The van der Waals surface area contributed by atoms with Crippen molar-refractivity contribution in [2.75, 3.05) is 26.2 Å². The molecule has 1 aliphatic heterocycles. The lowest BCUT2D eigenvalue weighted by molar-refractivity contribution is 0.0956. The summed E-state index contributed by atoms with van der Waals surface area (Å²) in [6, 6.07) is 8.07. The summed E-state index contributed by atoms with van der Waals surface area (Å²) < 4.78 is 2.21. The lowest BCUT2D eigenvalue weighted by Crippen LogP contribution is -2.49. The molecule has 1 saturated heterocycles. The molecule has 0 spiro atoms. The summed E-state index contributed by atoms with van der Waals surface area (Å²) in [5.74, 6) is 1.51. The molecule has 1 aromatic carbocycles. The zero-order valence-corrected chi connectivity index (χ0v) is 17.6. The minimum atomic E-state index is -0.0381. The maximum absolute atomic E-state index is 11.9. The topological polar surface area (TPSA) is 74.6 Å². The number of piperidine rings is 1. The fourth-order valence-corrected chi connectivity index (χ4v) is 3.71. The number of carbonyl (C=O) groups is 1. The third-order valence-corrected chi connectivity index (χ3v) is 5.43. The first-order chi connectivity index (χ1) is 14.1. The lowest BCUT2D eigenvalue weighted by atomic mass is 9.93. The van der Waals surface area contributed by atoms with E-state index in [1.807, 2.05) is 49.9 Å². The van der Waals surface area contributed by atoms with Gasteiger partial charge >= 0.3 is 0 Å². The zero-order chi connectivity index (χ0) is 20.6. The van der Waals surface area contributed by atoms with Crippen LogP contribution in [0.4, 0.5) is 0 Å². The van der Waals surface area contributed by atoms with E-state index in [1.54, 1.807) is 0 Å². The molecule has 2 unspecified atom stereocenters. The number of hydrogen-bond donors (Lipinski definition) is 2. The highest BCUT2D eigenvalue weighted by Crippen LogP contribution is 2.27. The molecule has 2 heterocycles. The number of benzene rings is 1. The van der Waals surface area contributed by atoms with E-state index in [2.05, 4.69) is 38.9 Å². The number of aliphatic imine (C=N–C) groups is 1. The van der Waals surface area contributed by atoms with Crippen LogP contribution in [0.15, 0.2) is 48.0 Å². The maximum Gasteiger partial charge on any atom is 0.251 e. The second-order valence-electron chi connectivity index (χ2n) is 7.52. The first-order valence-electron chi connectivity index (χ1n) is 10.5. The molecule has 0 radical (unpaired) electrons. The second-order valence-corrected chi connectivity index (χ2v) is 7.52. The van der Waals surface area contributed by atoms with Gasteiger partial charge in [0.25, 0.3) is 5.91 Å². The van der Waals surface area contributed by atoms with Crippen molar-refractivity contribution in [2.24, 2.45) is 10.9 Å². The minimum absolute atomic E-state index is 0.0381. The summed E-state index contributed by atoms with van der Waals surface area (Å²) in [4.78, 5) is 23.3. The highest BCUT2D eigenvalue weighted by atomic mass is 16.1. The van der Waals surface area contributed by atoms with Crippen molar-refractivity contribution in [3.05, 3.63) is 54.1 Å². The Kier molecular flexibility index (Phi) is 7.27. The molecule has 0 saturated carbocycles. The van der Waals surface area contributed by atoms with Gasteiger partial charge in [-0.15, -0.1) is 0 Å². The van der Waals surface area contributed by atoms with E-state index in [0.29, 0.717) is 30.6 Å². The summed E-state index contributed by atoms with van der Waals surface area (Å²) >= 11 is 0. The van der Waals surface area contributed by atoms with Gasteiger partial charge in [0.2, 0.25) is 0 Å². The van der Waals surface area contributed by atoms with Gasteiger partial charge in [0.15, 0.2) is 5.96 Å². The van der Waals surface area contributed by atoms with Crippen LogP contribution in [0.1, 0.15) is 49.2 Å². The number of nitrogens with one attached hydrogen (secondary N) is 2. The molecular weight excluding hydrogens is 364 g/mol. The molecule has 0 bridgehead atoms. The maximum atomic E-state index is 11.9. The van der Waals surface area contributed by atoms with Gasteiger partial charge in [0.1, 0.15) is 0 Å². The summed E-state index contributed by atoms with van der Waals surface area (Å²) in [6.07, 6.45) is 6.92. The predicted octanol–water partition coefficient (Wildman–Crippen LogP) is 2.68. The van der Waals surface area contributed by atoms with Crippen LogP contribution in [0, 0.1) is 5.92 Å². The van der Waals surface area contributed by atoms with Crippen LogP contribution in [0.5, 0.6) is 0 Å². The highest BCUT2D eigenvalue weighted by molar-refractivity contribution is 5.94. The van der Waals surface area contributed by atoms with Crippen molar-refractivity contribution in [3.63, 3.8) is 0 Å². The molecule has 3 rings (SSSR count). The number of carbonyl (C=O) groups excluding carboxylic acids is 1. The van der Waals surface area contributed by atoms with Gasteiger partial charge in [-0.3, -0.25) is 4.79 Å². The summed E-state index contributed by atoms with van der Waals surface area (Å²) in [5, 5.41) is 6.26. The number of rotatable bonds is 6. The van der Waals surface area contributed by atoms with Crippen molar-refractivity contribution in [3.8, 4) is 0 Å². The molecule has 156 valence electrons. The van der Waals surface area contributed by atoms with Crippen molar-refractivity contribution < 1.29 is 4.79 Å². The Bertz CT molecular complexity index is 799. The Morgan fingerprint density at radius 1 is 1.21 bits per heavy atom.